The van der Waals surface area contributed by atoms with Crippen LogP contribution in [0.25, 0.3) is 0 Å². The van der Waals surface area contributed by atoms with Crippen LogP contribution in [0.5, 0.6) is 11.5 Å². The van der Waals surface area contributed by atoms with Crippen molar-refractivity contribution in [2.75, 3.05) is 19.0 Å². The molecule has 0 radical (unpaired) electrons. The lowest BCUT2D eigenvalue weighted by molar-refractivity contribution is 0.259. The highest BCUT2D eigenvalue weighted by atomic mass is 79.9. The third-order valence-electron chi connectivity index (χ3n) is 2.11. The molecule has 0 aliphatic rings. The maximum atomic E-state index is 5.68. The Morgan fingerprint density at radius 1 is 1.33 bits per heavy atom. The smallest absolute Gasteiger partial charge is 0.161 e. The van der Waals surface area contributed by atoms with Crippen molar-refractivity contribution in [1.82, 2.24) is 0 Å². The molecule has 1 unspecified atom stereocenters. The lowest BCUT2D eigenvalue weighted by atomic mass is 10.2. The topological polar surface area (TPSA) is 18.5 Å². The van der Waals surface area contributed by atoms with E-state index in [4.69, 9.17) is 9.47 Å². The summed E-state index contributed by atoms with van der Waals surface area (Å²) >= 11 is 3.42. The first kappa shape index (κ1) is 12.4. The molecule has 0 aromatic heterocycles. The van der Waals surface area contributed by atoms with E-state index in [-0.39, 0.29) is 0 Å². The molecule has 0 spiro atoms. The molecule has 1 rings (SSSR count). The molecule has 0 N–H and O–H groups in total. The number of hydrogen-bond donors (Lipinski definition) is 0. The van der Waals surface area contributed by atoms with Crippen molar-refractivity contribution in [3.05, 3.63) is 23.8 Å². The first-order valence-corrected chi connectivity index (χ1v) is 6.13. The summed E-state index contributed by atoms with van der Waals surface area (Å²) in [5, 5.41) is 0.946. The quantitative estimate of drug-likeness (QED) is 0.765. The Morgan fingerprint density at radius 2 is 2.07 bits per heavy atom. The van der Waals surface area contributed by atoms with Gasteiger partial charge in [0.1, 0.15) is 0 Å². The first-order valence-electron chi connectivity index (χ1n) is 5.00. The average molecular weight is 273 g/mol. The Balaban J connectivity index is 2.67. The van der Waals surface area contributed by atoms with E-state index in [0.717, 1.165) is 16.8 Å². The Bertz CT molecular complexity index is 312. The van der Waals surface area contributed by atoms with Crippen LogP contribution >= 0.6 is 15.9 Å². The van der Waals surface area contributed by atoms with Crippen LogP contribution in [-0.4, -0.2) is 19.0 Å². The molecule has 0 amide bonds. The molecule has 2 nitrogen and oxygen atoms in total. The van der Waals surface area contributed by atoms with E-state index in [0.29, 0.717) is 12.5 Å². The molecule has 1 atom stereocenters. The zero-order chi connectivity index (χ0) is 11.3. The van der Waals surface area contributed by atoms with E-state index in [9.17, 15) is 0 Å². The van der Waals surface area contributed by atoms with Crippen molar-refractivity contribution < 1.29 is 9.47 Å². The molecular weight excluding hydrogens is 256 g/mol. The molecule has 1 aromatic carbocycles. The number of alkyl halides is 1. The Hall–Kier alpha value is -0.700. The predicted octanol–water partition coefficient (Wildman–Crippen LogP) is 3.41. The molecule has 0 heterocycles. The lowest BCUT2D eigenvalue weighted by Gasteiger charge is -2.13. The van der Waals surface area contributed by atoms with Gasteiger partial charge in [-0.3, -0.25) is 0 Å². The summed E-state index contributed by atoms with van der Waals surface area (Å²) in [4.78, 5) is 0. The number of ether oxygens (including phenoxy) is 2. The summed E-state index contributed by atoms with van der Waals surface area (Å²) in [7, 11) is 1.66. The number of aryl methyl sites for hydroxylation is 1. The van der Waals surface area contributed by atoms with Crippen molar-refractivity contribution in [3.8, 4) is 11.5 Å². The zero-order valence-electron chi connectivity index (χ0n) is 9.42. The van der Waals surface area contributed by atoms with Gasteiger partial charge in [-0.1, -0.05) is 28.9 Å². The summed E-state index contributed by atoms with van der Waals surface area (Å²) in [6.45, 7) is 4.87. The van der Waals surface area contributed by atoms with Crippen LogP contribution in [0.1, 0.15) is 12.5 Å². The molecule has 0 saturated carbocycles. The molecule has 1 aromatic rings. The van der Waals surface area contributed by atoms with E-state index >= 15 is 0 Å². The van der Waals surface area contributed by atoms with Gasteiger partial charge in [-0.15, -0.1) is 0 Å². The highest BCUT2D eigenvalue weighted by Gasteiger charge is 2.06. The molecule has 84 valence electrons. The van der Waals surface area contributed by atoms with Crippen LogP contribution < -0.4 is 9.47 Å². The second-order valence-electron chi connectivity index (χ2n) is 3.72. The van der Waals surface area contributed by atoms with Crippen LogP contribution in [0.2, 0.25) is 0 Å². The molecule has 0 fully saturated rings. The highest BCUT2D eigenvalue weighted by Crippen LogP contribution is 2.28. The maximum Gasteiger partial charge on any atom is 0.161 e. The Kier molecular flexibility index (Phi) is 4.95. The fraction of sp³-hybridized carbons (Fsp3) is 0.500. The minimum Gasteiger partial charge on any atom is -0.493 e. The highest BCUT2D eigenvalue weighted by molar-refractivity contribution is 9.09. The summed E-state index contributed by atoms with van der Waals surface area (Å²) < 4.78 is 10.9. The monoisotopic (exact) mass is 272 g/mol. The van der Waals surface area contributed by atoms with E-state index in [1.54, 1.807) is 7.11 Å². The number of benzene rings is 1. The number of hydrogen-bond acceptors (Lipinski definition) is 2. The van der Waals surface area contributed by atoms with Crippen molar-refractivity contribution in [3.63, 3.8) is 0 Å². The van der Waals surface area contributed by atoms with E-state index in [2.05, 4.69) is 22.9 Å². The van der Waals surface area contributed by atoms with E-state index in [1.807, 2.05) is 25.1 Å². The first-order chi connectivity index (χ1) is 7.17. The van der Waals surface area contributed by atoms with Crippen LogP contribution in [0.3, 0.4) is 0 Å². The van der Waals surface area contributed by atoms with Gasteiger partial charge in [0.05, 0.1) is 13.7 Å². The van der Waals surface area contributed by atoms with E-state index in [1.165, 1.54) is 5.56 Å². The van der Waals surface area contributed by atoms with Crippen LogP contribution in [-0.2, 0) is 0 Å². The van der Waals surface area contributed by atoms with Crippen LogP contribution in [0, 0.1) is 12.8 Å². The van der Waals surface area contributed by atoms with Crippen molar-refractivity contribution >= 4 is 15.9 Å². The van der Waals surface area contributed by atoms with Gasteiger partial charge in [0.2, 0.25) is 0 Å². The van der Waals surface area contributed by atoms with Gasteiger partial charge in [0.25, 0.3) is 0 Å². The van der Waals surface area contributed by atoms with Crippen LogP contribution in [0.4, 0.5) is 0 Å². The Morgan fingerprint density at radius 3 is 2.67 bits per heavy atom. The standard InChI is InChI=1S/C12H17BrO2/c1-9-4-5-11(12(6-9)14-3)15-8-10(2)7-13/h4-6,10H,7-8H2,1-3H3. The van der Waals surface area contributed by atoms with Crippen LogP contribution in [0.15, 0.2) is 18.2 Å². The third-order valence-corrected chi connectivity index (χ3v) is 3.21. The Labute approximate surface area is 99.7 Å². The van der Waals surface area contributed by atoms with Gasteiger partial charge in [-0.2, -0.15) is 0 Å². The van der Waals surface area contributed by atoms with Crippen molar-refractivity contribution in [2.24, 2.45) is 5.92 Å². The average Bonchev–Trinajstić information content (AvgIpc) is 2.26. The van der Waals surface area contributed by atoms with Gasteiger partial charge in [0.15, 0.2) is 11.5 Å². The SMILES string of the molecule is COc1cc(C)ccc1OCC(C)CBr. The largest absolute Gasteiger partial charge is 0.493 e. The molecule has 0 aliphatic carbocycles. The molecule has 0 aliphatic heterocycles. The molecular formula is C12H17BrO2. The van der Waals surface area contributed by atoms with Crippen molar-refractivity contribution in [2.45, 2.75) is 13.8 Å². The second kappa shape index (κ2) is 6.01. The summed E-state index contributed by atoms with van der Waals surface area (Å²) in [5.74, 6) is 2.11. The van der Waals surface area contributed by atoms with Gasteiger partial charge < -0.3 is 9.47 Å². The minimum atomic E-state index is 0.496. The maximum absolute atomic E-state index is 5.68. The summed E-state index contributed by atoms with van der Waals surface area (Å²) in [6, 6.07) is 5.96. The lowest BCUT2D eigenvalue weighted by Crippen LogP contribution is -2.10. The summed E-state index contributed by atoms with van der Waals surface area (Å²) in [5.41, 5.74) is 1.17. The third kappa shape index (κ3) is 3.74. The van der Waals surface area contributed by atoms with Gasteiger partial charge in [-0.05, 0) is 30.5 Å². The van der Waals surface area contributed by atoms with Crippen molar-refractivity contribution in [1.29, 1.82) is 0 Å². The second-order valence-corrected chi connectivity index (χ2v) is 4.37. The van der Waals surface area contributed by atoms with Gasteiger partial charge >= 0.3 is 0 Å². The predicted molar refractivity (Wildman–Crippen MR) is 66.2 cm³/mol. The molecule has 0 bridgehead atoms. The number of rotatable bonds is 5. The molecule has 0 saturated heterocycles. The number of halogens is 1. The zero-order valence-corrected chi connectivity index (χ0v) is 11.0. The number of methoxy groups -OCH3 is 1. The van der Waals surface area contributed by atoms with E-state index < -0.39 is 0 Å². The fourth-order valence-electron chi connectivity index (χ4n) is 1.17. The van der Waals surface area contributed by atoms with Gasteiger partial charge in [0, 0.05) is 5.33 Å². The fourth-order valence-corrected chi connectivity index (χ4v) is 1.36. The normalized spacial score (nSPS) is 12.3. The molecule has 15 heavy (non-hydrogen) atoms. The van der Waals surface area contributed by atoms with Gasteiger partial charge in [-0.25, -0.2) is 0 Å². The molecule has 3 heteroatoms. The minimum absolute atomic E-state index is 0.496. The summed E-state index contributed by atoms with van der Waals surface area (Å²) in [6.07, 6.45) is 0.